The van der Waals surface area contributed by atoms with Crippen LogP contribution in [0.1, 0.15) is 12.5 Å². The molecule has 8 heteroatoms. The lowest BCUT2D eigenvalue weighted by molar-refractivity contribution is -0.118. The molecule has 0 aliphatic heterocycles. The first kappa shape index (κ1) is 16.7. The van der Waals surface area contributed by atoms with Gasteiger partial charge in [0.05, 0.1) is 24.4 Å². The number of carbonyl (C=O) groups is 1. The van der Waals surface area contributed by atoms with E-state index in [0.29, 0.717) is 11.3 Å². The van der Waals surface area contributed by atoms with Crippen LogP contribution < -0.4 is 10.5 Å². The minimum Gasteiger partial charge on any atom is -0.495 e. The Morgan fingerprint density at radius 2 is 2.10 bits per heavy atom. The lowest BCUT2D eigenvalue weighted by Gasteiger charge is -2.19. The van der Waals surface area contributed by atoms with Crippen molar-refractivity contribution in [2.24, 2.45) is 5.73 Å². The predicted octanol–water partition coefficient (Wildman–Crippen LogP) is 0.986. The van der Waals surface area contributed by atoms with E-state index in [4.69, 9.17) is 22.1 Å². The van der Waals surface area contributed by atoms with E-state index in [1.54, 1.807) is 25.1 Å². The van der Waals surface area contributed by atoms with Crippen LogP contribution in [-0.4, -0.2) is 38.8 Å². The maximum atomic E-state index is 12.2. The van der Waals surface area contributed by atoms with Gasteiger partial charge < -0.3 is 10.5 Å². The number of primary amides is 1. The van der Waals surface area contributed by atoms with Gasteiger partial charge in [-0.3, -0.25) is 4.79 Å². The van der Waals surface area contributed by atoms with Crippen molar-refractivity contribution in [3.05, 3.63) is 28.8 Å². The highest BCUT2D eigenvalue weighted by Crippen LogP contribution is 2.29. The fourth-order valence-electron chi connectivity index (χ4n) is 1.69. The Hall–Kier alpha value is -1.31. The third-order valence-electron chi connectivity index (χ3n) is 2.68. The number of rotatable bonds is 7. The SMILES string of the molecule is CCN(CC(N)=O)S(=O)(=O)Cc1cccc(OC)c1Cl. The summed E-state index contributed by atoms with van der Waals surface area (Å²) in [5.74, 6) is -0.617. The molecule has 0 saturated heterocycles. The Balaban J connectivity index is 3.04. The average molecular weight is 321 g/mol. The highest BCUT2D eigenvalue weighted by Gasteiger charge is 2.24. The Kier molecular flexibility index (Phi) is 5.79. The van der Waals surface area contributed by atoms with Crippen LogP contribution in [0.2, 0.25) is 5.02 Å². The lowest BCUT2D eigenvalue weighted by Crippen LogP contribution is -2.38. The molecular weight excluding hydrogens is 304 g/mol. The first-order valence-corrected chi connectivity index (χ1v) is 7.88. The summed E-state index contributed by atoms with van der Waals surface area (Å²) in [4.78, 5) is 10.9. The van der Waals surface area contributed by atoms with Crippen LogP contribution in [0.5, 0.6) is 5.75 Å². The van der Waals surface area contributed by atoms with Crippen molar-refractivity contribution in [1.29, 1.82) is 0 Å². The van der Waals surface area contributed by atoms with Gasteiger partial charge in [-0.1, -0.05) is 30.7 Å². The molecule has 0 bridgehead atoms. The minimum atomic E-state index is -3.68. The Bertz CT molecular complexity index is 589. The van der Waals surface area contributed by atoms with E-state index >= 15 is 0 Å². The van der Waals surface area contributed by atoms with Gasteiger partial charge in [-0.05, 0) is 11.6 Å². The van der Waals surface area contributed by atoms with Crippen molar-refractivity contribution in [3.8, 4) is 5.75 Å². The van der Waals surface area contributed by atoms with Gasteiger partial charge in [-0.2, -0.15) is 4.31 Å². The quantitative estimate of drug-likeness (QED) is 0.811. The standard InChI is InChI=1S/C12H17ClN2O4S/c1-3-15(7-11(14)16)20(17,18)8-9-5-4-6-10(19-2)12(9)13/h4-6H,3,7-8H2,1-2H3,(H2,14,16). The smallest absolute Gasteiger partial charge is 0.232 e. The zero-order valence-electron chi connectivity index (χ0n) is 11.3. The van der Waals surface area contributed by atoms with E-state index in [2.05, 4.69) is 0 Å². The number of halogens is 1. The van der Waals surface area contributed by atoms with Crippen molar-refractivity contribution >= 4 is 27.5 Å². The molecule has 0 aliphatic rings. The van der Waals surface area contributed by atoms with Crippen molar-refractivity contribution in [2.45, 2.75) is 12.7 Å². The maximum absolute atomic E-state index is 12.2. The normalized spacial score (nSPS) is 11.6. The lowest BCUT2D eigenvalue weighted by atomic mass is 10.2. The molecule has 1 amide bonds. The number of hydrogen-bond acceptors (Lipinski definition) is 4. The molecule has 0 saturated carbocycles. The number of amides is 1. The van der Waals surface area contributed by atoms with Crippen LogP contribution >= 0.6 is 11.6 Å². The number of sulfonamides is 1. The summed E-state index contributed by atoms with van der Waals surface area (Å²) in [6.45, 7) is 1.45. The second-order valence-electron chi connectivity index (χ2n) is 4.08. The van der Waals surface area contributed by atoms with Gasteiger partial charge in [-0.25, -0.2) is 8.42 Å². The largest absolute Gasteiger partial charge is 0.495 e. The molecule has 6 nitrogen and oxygen atoms in total. The number of nitrogens with two attached hydrogens (primary N) is 1. The second kappa shape index (κ2) is 6.92. The highest BCUT2D eigenvalue weighted by molar-refractivity contribution is 7.88. The second-order valence-corrected chi connectivity index (χ2v) is 6.43. The fraction of sp³-hybridized carbons (Fsp3) is 0.417. The predicted molar refractivity (Wildman–Crippen MR) is 77.1 cm³/mol. The van der Waals surface area contributed by atoms with Crippen LogP contribution in [0.3, 0.4) is 0 Å². The van der Waals surface area contributed by atoms with Crippen molar-refractivity contribution in [3.63, 3.8) is 0 Å². The van der Waals surface area contributed by atoms with Gasteiger partial charge in [0.15, 0.2) is 0 Å². The molecular formula is C12H17ClN2O4S. The molecule has 0 radical (unpaired) electrons. The number of ether oxygens (including phenoxy) is 1. The van der Waals surface area contributed by atoms with E-state index < -0.39 is 15.9 Å². The number of likely N-dealkylation sites (N-methyl/N-ethyl adjacent to an activating group) is 1. The van der Waals surface area contributed by atoms with Gasteiger partial charge in [0.25, 0.3) is 0 Å². The van der Waals surface area contributed by atoms with Gasteiger partial charge >= 0.3 is 0 Å². The van der Waals surface area contributed by atoms with Crippen LogP contribution in [-0.2, 0) is 20.6 Å². The van der Waals surface area contributed by atoms with Crippen molar-refractivity contribution < 1.29 is 17.9 Å². The number of benzene rings is 1. The Morgan fingerprint density at radius 3 is 2.60 bits per heavy atom. The zero-order valence-corrected chi connectivity index (χ0v) is 12.9. The summed E-state index contributed by atoms with van der Waals surface area (Å²) in [5, 5.41) is 0.244. The topological polar surface area (TPSA) is 89.7 Å². The Morgan fingerprint density at radius 1 is 1.45 bits per heavy atom. The van der Waals surface area contributed by atoms with E-state index in [9.17, 15) is 13.2 Å². The maximum Gasteiger partial charge on any atom is 0.232 e. The summed E-state index contributed by atoms with van der Waals surface area (Å²) in [6.07, 6.45) is 0. The molecule has 1 rings (SSSR count). The average Bonchev–Trinajstić information content (AvgIpc) is 2.37. The molecule has 1 aromatic carbocycles. The molecule has 0 spiro atoms. The Labute approximate surface area is 123 Å². The molecule has 0 unspecified atom stereocenters. The van der Waals surface area contributed by atoms with Gasteiger partial charge in [0.2, 0.25) is 15.9 Å². The first-order valence-electron chi connectivity index (χ1n) is 5.89. The molecule has 0 aromatic heterocycles. The van der Waals surface area contributed by atoms with Gasteiger partial charge in [0.1, 0.15) is 5.75 Å². The third-order valence-corrected chi connectivity index (χ3v) is 4.96. The van der Waals surface area contributed by atoms with E-state index in [1.165, 1.54) is 7.11 Å². The third kappa shape index (κ3) is 4.09. The molecule has 2 N–H and O–H groups in total. The van der Waals surface area contributed by atoms with Crippen LogP contribution in [0.15, 0.2) is 18.2 Å². The highest BCUT2D eigenvalue weighted by atomic mass is 35.5. The molecule has 1 aromatic rings. The summed E-state index contributed by atoms with van der Waals surface area (Å²) in [6, 6.07) is 4.89. The van der Waals surface area contributed by atoms with Crippen molar-refractivity contribution in [1.82, 2.24) is 4.31 Å². The molecule has 112 valence electrons. The van der Waals surface area contributed by atoms with Gasteiger partial charge in [0, 0.05) is 6.54 Å². The van der Waals surface area contributed by atoms with Crippen molar-refractivity contribution in [2.75, 3.05) is 20.2 Å². The van der Waals surface area contributed by atoms with Crippen LogP contribution in [0.4, 0.5) is 0 Å². The molecule has 0 heterocycles. The number of hydrogen-bond donors (Lipinski definition) is 1. The monoisotopic (exact) mass is 320 g/mol. The fourth-order valence-corrected chi connectivity index (χ4v) is 3.58. The summed E-state index contributed by atoms with van der Waals surface area (Å²) in [7, 11) is -2.23. The van der Waals surface area contributed by atoms with Crippen LogP contribution in [0, 0.1) is 0 Å². The molecule has 0 atom stereocenters. The van der Waals surface area contributed by atoms with E-state index in [-0.39, 0.29) is 23.9 Å². The number of nitrogens with zero attached hydrogens (tertiary/aromatic N) is 1. The molecule has 20 heavy (non-hydrogen) atoms. The van der Waals surface area contributed by atoms with Crippen LogP contribution in [0.25, 0.3) is 0 Å². The van der Waals surface area contributed by atoms with Gasteiger partial charge in [-0.15, -0.1) is 0 Å². The number of carbonyl (C=O) groups excluding carboxylic acids is 1. The summed E-state index contributed by atoms with van der Waals surface area (Å²) >= 11 is 6.07. The number of methoxy groups -OCH3 is 1. The molecule has 0 fully saturated rings. The summed E-state index contributed by atoms with van der Waals surface area (Å²) in [5.41, 5.74) is 5.45. The zero-order chi connectivity index (χ0) is 15.3. The van der Waals surface area contributed by atoms with E-state index in [0.717, 1.165) is 4.31 Å². The van der Waals surface area contributed by atoms with E-state index in [1.807, 2.05) is 0 Å². The summed E-state index contributed by atoms with van der Waals surface area (Å²) < 4.78 is 30.5. The molecule has 0 aliphatic carbocycles. The minimum absolute atomic E-state index is 0.160. The first-order chi connectivity index (χ1) is 9.31.